The third-order valence-corrected chi connectivity index (χ3v) is 3.65. The first kappa shape index (κ1) is 13.1. The number of fused-ring (bicyclic) bond motifs is 1. The number of hydrogen-bond acceptors (Lipinski definition) is 2. The molecule has 2 N–H and O–H groups in total. The number of nitrogens with one attached hydrogen (secondary N) is 1. The summed E-state index contributed by atoms with van der Waals surface area (Å²) < 4.78 is 13.0. The minimum atomic E-state index is -0.955. The van der Waals surface area contributed by atoms with E-state index < -0.39 is 11.9 Å². The van der Waals surface area contributed by atoms with Crippen molar-refractivity contribution in [2.75, 3.05) is 5.32 Å². The molecule has 20 heavy (non-hydrogen) atoms. The highest BCUT2D eigenvalue weighted by Gasteiger charge is 2.21. The van der Waals surface area contributed by atoms with Crippen LogP contribution in [0.4, 0.5) is 10.1 Å². The van der Waals surface area contributed by atoms with Crippen molar-refractivity contribution in [2.45, 2.75) is 12.5 Å². The Kier molecular flexibility index (Phi) is 3.20. The Bertz CT molecular complexity index is 702. The number of carbonyl (C=O) groups excluding carboxylic acids is 1. The molecule has 0 radical (unpaired) electrons. The number of benzene rings is 2. The van der Waals surface area contributed by atoms with Gasteiger partial charge in [0.05, 0.1) is 6.42 Å². The van der Waals surface area contributed by atoms with Crippen molar-refractivity contribution in [1.82, 2.24) is 0 Å². The molecule has 3 nitrogen and oxygen atoms in total. The molecule has 1 aliphatic rings. The van der Waals surface area contributed by atoms with E-state index in [4.69, 9.17) is 11.6 Å². The molecule has 3 rings (SSSR count). The fraction of sp³-hybridized carbons (Fsp3) is 0.133. The van der Waals surface area contributed by atoms with E-state index in [0.29, 0.717) is 17.5 Å². The van der Waals surface area contributed by atoms with Crippen molar-refractivity contribution < 1.29 is 14.3 Å². The number of aliphatic hydroxyl groups excluding tert-OH is 1. The maximum Gasteiger partial charge on any atom is 0.228 e. The molecule has 1 amide bonds. The average molecular weight is 292 g/mol. The quantitative estimate of drug-likeness (QED) is 0.893. The van der Waals surface area contributed by atoms with E-state index in [1.54, 1.807) is 18.2 Å². The van der Waals surface area contributed by atoms with Crippen molar-refractivity contribution in [3.63, 3.8) is 0 Å². The first-order chi connectivity index (χ1) is 9.54. The standard InChI is InChI=1S/C15H11ClFNO2/c16-12-7-10(17)2-3-11(12)15(20)8-1-4-13-9(5-8)6-14(19)18-13/h1-5,7,15,20H,6H2,(H,18,19). The maximum atomic E-state index is 13.0. The lowest BCUT2D eigenvalue weighted by Crippen LogP contribution is -2.03. The first-order valence-corrected chi connectivity index (χ1v) is 6.48. The molecule has 2 aromatic carbocycles. The van der Waals surface area contributed by atoms with Crippen LogP contribution >= 0.6 is 11.6 Å². The fourth-order valence-corrected chi connectivity index (χ4v) is 2.59. The van der Waals surface area contributed by atoms with Crippen LogP contribution in [-0.2, 0) is 11.2 Å². The Morgan fingerprint density at radius 2 is 2.05 bits per heavy atom. The van der Waals surface area contributed by atoms with Gasteiger partial charge in [-0.05, 0) is 29.3 Å². The summed E-state index contributed by atoms with van der Waals surface area (Å²) in [5.41, 5.74) is 2.65. The summed E-state index contributed by atoms with van der Waals surface area (Å²) in [5, 5.41) is 13.2. The van der Waals surface area contributed by atoms with Gasteiger partial charge in [0.25, 0.3) is 0 Å². The van der Waals surface area contributed by atoms with Crippen LogP contribution in [0.2, 0.25) is 5.02 Å². The van der Waals surface area contributed by atoms with Crippen LogP contribution in [0.15, 0.2) is 36.4 Å². The van der Waals surface area contributed by atoms with Gasteiger partial charge < -0.3 is 10.4 Å². The highest BCUT2D eigenvalue weighted by molar-refractivity contribution is 6.31. The number of carbonyl (C=O) groups is 1. The van der Waals surface area contributed by atoms with Gasteiger partial charge in [-0.1, -0.05) is 29.8 Å². The largest absolute Gasteiger partial charge is 0.384 e. The van der Waals surface area contributed by atoms with Crippen molar-refractivity contribution in [3.05, 3.63) is 63.9 Å². The van der Waals surface area contributed by atoms with Crippen LogP contribution in [0.1, 0.15) is 22.8 Å². The predicted molar refractivity (Wildman–Crippen MR) is 74.2 cm³/mol. The van der Waals surface area contributed by atoms with Gasteiger partial charge in [-0.2, -0.15) is 0 Å². The zero-order chi connectivity index (χ0) is 14.3. The van der Waals surface area contributed by atoms with Gasteiger partial charge in [-0.3, -0.25) is 4.79 Å². The molecule has 102 valence electrons. The molecule has 0 fully saturated rings. The SMILES string of the molecule is O=C1Cc2cc(C(O)c3ccc(F)cc3Cl)ccc2N1. The van der Waals surface area contributed by atoms with E-state index in [9.17, 15) is 14.3 Å². The summed E-state index contributed by atoms with van der Waals surface area (Å²) in [4.78, 5) is 11.3. The molecule has 5 heteroatoms. The molecular formula is C15H11ClFNO2. The number of halogens is 2. The molecule has 0 bridgehead atoms. The highest BCUT2D eigenvalue weighted by atomic mass is 35.5. The van der Waals surface area contributed by atoms with Crippen molar-refractivity contribution in [1.29, 1.82) is 0 Å². The Balaban J connectivity index is 1.97. The summed E-state index contributed by atoms with van der Waals surface area (Å²) in [6.45, 7) is 0. The second kappa shape index (κ2) is 4.89. The van der Waals surface area contributed by atoms with Gasteiger partial charge in [-0.25, -0.2) is 4.39 Å². The Hall–Kier alpha value is -1.91. The van der Waals surface area contributed by atoms with Crippen LogP contribution in [0.5, 0.6) is 0 Å². The molecule has 1 heterocycles. The first-order valence-electron chi connectivity index (χ1n) is 6.10. The minimum Gasteiger partial charge on any atom is -0.384 e. The Morgan fingerprint density at radius 3 is 2.80 bits per heavy atom. The smallest absolute Gasteiger partial charge is 0.228 e. The van der Waals surface area contributed by atoms with E-state index in [1.165, 1.54) is 18.2 Å². The summed E-state index contributed by atoms with van der Waals surface area (Å²) in [6, 6.07) is 9.10. The third kappa shape index (κ3) is 2.28. The van der Waals surface area contributed by atoms with Crippen molar-refractivity contribution >= 4 is 23.2 Å². The number of rotatable bonds is 2. The number of anilines is 1. The van der Waals surface area contributed by atoms with Crippen molar-refractivity contribution in [2.24, 2.45) is 0 Å². The number of amides is 1. The van der Waals surface area contributed by atoms with E-state index in [0.717, 1.165) is 11.3 Å². The zero-order valence-corrected chi connectivity index (χ0v) is 11.1. The molecule has 1 aliphatic heterocycles. The van der Waals surface area contributed by atoms with Crippen LogP contribution in [0, 0.1) is 5.82 Å². The molecule has 0 saturated heterocycles. The lowest BCUT2D eigenvalue weighted by Gasteiger charge is -2.14. The summed E-state index contributed by atoms with van der Waals surface area (Å²) >= 11 is 5.95. The van der Waals surface area contributed by atoms with E-state index >= 15 is 0 Å². The highest BCUT2D eigenvalue weighted by Crippen LogP contribution is 2.32. The van der Waals surface area contributed by atoms with Crippen molar-refractivity contribution in [3.8, 4) is 0 Å². The minimum absolute atomic E-state index is 0.0635. The maximum absolute atomic E-state index is 13.0. The second-order valence-corrected chi connectivity index (χ2v) is 5.12. The van der Waals surface area contributed by atoms with Gasteiger partial charge in [-0.15, -0.1) is 0 Å². The molecule has 0 aromatic heterocycles. The number of hydrogen-bond donors (Lipinski definition) is 2. The summed E-state index contributed by atoms with van der Waals surface area (Å²) in [6.07, 6.45) is -0.656. The fourth-order valence-electron chi connectivity index (χ4n) is 2.32. The van der Waals surface area contributed by atoms with E-state index in [-0.39, 0.29) is 10.9 Å². The van der Waals surface area contributed by atoms with Gasteiger partial charge in [0.2, 0.25) is 5.91 Å². The Morgan fingerprint density at radius 1 is 1.25 bits per heavy atom. The zero-order valence-electron chi connectivity index (χ0n) is 10.4. The lowest BCUT2D eigenvalue weighted by molar-refractivity contribution is -0.115. The molecule has 0 saturated carbocycles. The van der Waals surface area contributed by atoms with Gasteiger partial charge in [0, 0.05) is 16.3 Å². The molecular weight excluding hydrogens is 281 g/mol. The van der Waals surface area contributed by atoms with Crippen LogP contribution in [0.3, 0.4) is 0 Å². The topological polar surface area (TPSA) is 49.3 Å². The number of aliphatic hydroxyl groups is 1. The van der Waals surface area contributed by atoms with Crippen LogP contribution in [0.25, 0.3) is 0 Å². The molecule has 0 aliphatic carbocycles. The average Bonchev–Trinajstić information content (AvgIpc) is 2.77. The molecule has 2 aromatic rings. The normalized spacial score (nSPS) is 14.8. The third-order valence-electron chi connectivity index (χ3n) is 3.33. The Labute approximate surface area is 120 Å². The van der Waals surface area contributed by atoms with Gasteiger partial charge >= 0.3 is 0 Å². The van der Waals surface area contributed by atoms with Crippen LogP contribution in [-0.4, -0.2) is 11.0 Å². The van der Waals surface area contributed by atoms with Gasteiger partial charge in [0.15, 0.2) is 0 Å². The lowest BCUT2D eigenvalue weighted by atomic mass is 9.98. The molecule has 1 atom stereocenters. The van der Waals surface area contributed by atoms with Crippen LogP contribution < -0.4 is 5.32 Å². The summed E-state index contributed by atoms with van der Waals surface area (Å²) in [7, 11) is 0. The summed E-state index contributed by atoms with van der Waals surface area (Å²) in [5.74, 6) is -0.513. The monoisotopic (exact) mass is 291 g/mol. The molecule has 0 spiro atoms. The van der Waals surface area contributed by atoms with E-state index in [1.807, 2.05) is 0 Å². The van der Waals surface area contributed by atoms with Gasteiger partial charge in [0.1, 0.15) is 11.9 Å². The second-order valence-electron chi connectivity index (χ2n) is 4.71. The predicted octanol–water partition coefficient (Wildman–Crippen LogP) is 3.06. The van der Waals surface area contributed by atoms with E-state index in [2.05, 4.69) is 5.32 Å². The molecule has 1 unspecified atom stereocenters.